The van der Waals surface area contributed by atoms with E-state index in [-0.39, 0.29) is 6.09 Å². The number of rotatable bonds is 6. The molecule has 0 aromatic heterocycles. The van der Waals surface area contributed by atoms with Gasteiger partial charge in [-0.15, -0.1) is 0 Å². The van der Waals surface area contributed by atoms with Crippen LogP contribution in [0, 0.1) is 0 Å². The zero-order valence-electron chi connectivity index (χ0n) is 20.9. The number of ether oxygens (including phenoxy) is 2. The first-order valence-electron chi connectivity index (χ1n) is 10.6. The Bertz CT molecular complexity index is 410. The Morgan fingerprint density at radius 3 is 1.86 bits per heavy atom. The number of hydrogen-bond acceptors (Lipinski definition) is 4. The lowest BCUT2D eigenvalue weighted by Crippen LogP contribution is -2.34. The molecule has 6 heteroatoms. The lowest BCUT2D eigenvalue weighted by Gasteiger charge is -2.24. The first kappa shape index (κ1) is 34.5. The van der Waals surface area contributed by atoms with E-state index in [9.17, 15) is 9.59 Å². The molecule has 0 aliphatic rings. The fourth-order valence-corrected chi connectivity index (χ4v) is 1.32. The molecule has 0 fully saturated rings. The van der Waals surface area contributed by atoms with Crippen LogP contribution in [0.3, 0.4) is 0 Å². The highest BCUT2D eigenvalue weighted by Gasteiger charge is 2.18. The van der Waals surface area contributed by atoms with Crippen molar-refractivity contribution in [2.45, 2.75) is 87.2 Å². The summed E-state index contributed by atoms with van der Waals surface area (Å²) in [6.45, 7) is 18.8. The van der Waals surface area contributed by atoms with Gasteiger partial charge in [-0.3, -0.25) is 0 Å². The maximum absolute atomic E-state index is 11.5. The summed E-state index contributed by atoms with van der Waals surface area (Å²) in [5, 5.41) is 2.33. The van der Waals surface area contributed by atoms with Gasteiger partial charge in [0.05, 0.1) is 0 Å². The minimum Gasteiger partial charge on any atom is -0.445 e. The first-order chi connectivity index (χ1) is 13.6. The van der Waals surface area contributed by atoms with E-state index in [0.29, 0.717) is 6.61 Å². The molecule has 0 unspecified atom stereocenters. The lowest BCUT2D eigenvalue weighted by atomic mass is 10.2. The van der Waals surface area contributed by atoms with Gasteiger partial charge in [-0.05, 0) is 48.0 Å². The molecule has 0 saturated carbocycles. The highest BCUT2D eigenvalue weighted by molar-refractivity contribution is 5.67. The van der Waals surface area contributed by atoms with Gasteiger partial charge in [0.2, 0.25) is 0 Å². The number of nitrogens with zero attached hydrogens (tertiary/aromatic N) is 1. The average Bonchev–Trinajstić information content (AvgIpc) is 2.69. The third kappa shape index (κ3) is 37.5. The second-order valence-corrected chi connectivity index (χ2v) is 6.69. The molecule has 0 atom stereocenters. The minimum atomic E-state index is -0.395. The van der Waals surface area contributed by atoms with E-state index in [1.807, 2.05) is 73.6 Å². The summed E-state index contributed by atoms with van der Waals surface area (Å²) in [6, 6.07) is 0. The van der Waals surface area contributed by atoms with Crippen molar-refractivity contribution in [3.63, 3.8) is 0 Å². The zero-order chi connectivity index (χ0) is 23.7. The number of allylic oxidation sites excluding steroid dienone is 3. The van der Waals surface area contributed by atoms with Crippen molar-refractivity contribution < 1.29 is 19.1 Å². The van der Waals surface area contributed by atoms with Crippen molar-refractivity contribution >= 4 is 12.2 Å². The topological polar surface area (TPSA) is 67.9 Å². The highest BCUT2D eigenvalue weighted by Crippen LogP contribution is 2.09. The number of nitrogens with one attached hydrogen (secondary N) is 1. The van der Waals surface area contributed by atoms with Crippen LogP contribution in [0.1, 0.15) is 81.6 Å². The molecule has 0 bridgehead atoms. The molecule has 0 aliphatic carbocycles. The predicted molar refractivity (Wildman–Crippen MR) is 125 cm³/mol. The van der Waals surface area contributed by atoms with E-state index in [0.717, 1.165) is 19.4 Å². The van der Waals surface area contributed by atoms with E-state index in [4.69, 9.17) is 4.74 Å². The number of carbonyl (C=O) groups excluding carboxylic acids is 2. The lowest BCUT2D eigenvalue weighted by molar-refractivity contribution is 0.0296. The highest BCUT2D eigenvalue weighted by atomic mass is 16.6. The summed E-state index contributed by atoms with van der Waals surface area (Å²) in [5.74, 6) is 0. The second kappa shape index (κ2) is 26.0. The van der Waals surface area contributed by atoms with Gasteiger partial charge >= 0.3 is 12.2 Å². The smallest absolute Gasteiger partial charge is 0.410 e. The van der Waals surface area contributed by atoms with Crippen LogP contribution in [-0.2, 0) is 9.47 Å². The van der Waals surface area contributed by atoms with Gasteiger partial charge in [0.25, 0.3) is 0 Å². The molecule has 0 aromatic rings. The third-order valence-electron chi connectivity index (χ3n) is 2.89. The first-order valence-corrected chi connectivity index (χ1v) is 10.6. The van der Waals surface area contributed by atoms with Crippen molar-refractivity contribution in [1.82, 2.24) is 10.2 Å². The largest absolute Gasteiger partial charge is 0.445 e. The number of amides is 2. The second-order valence-electron chi connectivity index (χ2n) is 6.69. The van der Waals surface area contributed by atoms with Crippen molar-refractivity contribution in [1.29, 1.82) is 0 Å². The van der Waals surface area contributed by atoms with Crippen LogP contribution in [0.5, 0.6) is 0 Å². The Balaban J connectivity index is -0.000000178. The molecule has 0 spiro atoms. The normalized spacial score (nSPS) is 9.90. The Morgan fingerprint density at radius 1 is 1.00 bits per heavy atom. The fraction of sp³-hybridized carbons (Fsp3) is 0.739. The van der Waals surface area contributed by atoms with Crippen molar-refractivity contribution in [2.75, 3.05) is 27.2 Å². The molecule has 2 amide bonds. The standard InChI is InChI=1S/C11H23NO2.C6H11NO2.C4H8.C2H6/c1-6-7-8-9-12(5)10(13)14-11(2,3)4;1-3-4-5-9-6(8)7-2;1-3-4-2;1-2/h6-9H2,1-5H3;3-4H,5H2,1-2H3,(H,7,8);3-4H,1-2H3;1-2H3/b;4-3+;4-3-;. The summed E-state index contributed by atoms with van der Waals surface area (Å²) < 4.78 is 9.81. The summed E-state index contributed by atoms with van der Waals surface area (Å²) in [4.78, 5) is 23.4. The molecule has 0 aliphatic heterocycles. The SMILES string of the molecule is C/C=C/COC(=O)NC.C/C=C\C.CC.CCCCCN(C)C(=O)OC(C)(C)C. The predicted octanol–water partition coefficient (Wildman–Crippen LogP) is 6.57. The molecule has 6 nitrogen and oxygen atoms in total. The maximum Gasteiger partial charge on any atom is 0.410 e. The van der Waals surface area contributed by atoms with Crippen LogP contribution in [0.15, 0.2) is 24.3 Å². The molecule has 0 heterocycles. The number of alkyl carbamates (subject to hydrolysis) is 1. The van der Waals surface area contributed by atoms with Crippen molar-refractivity contribution in [3.05, 3.63) is 24.3 Å². The van der Waals surface area contributed by atoms with Gasteiger partial charge in [0, 0.05) is 20.6 Å². The number of hydrogen-bond donors (Lipinski definition) is 1. The van der Waals surface area contributed by atoms with Crippen molar-refractivity contribution in [3.8, 4) is 0 Å². The fourth-order valence-electron chi connectivity index (χ4n) is 1.32. The van der Waals surface area contributed by atoms with Crippen LogP contribution in [0.2, 0.25) is 0 Å². The molecule has 0 rings (SSSR count). The Hall–Kier alpha value is -1.98. The quantitative estimate of drug-likeness (QED) is 0.393. The van der Waals surface area contributed by atoms with Gasteiger partial charge in [-0.1, -0.05) is 57.9 Å². The number of unbranched alkanes of at least 4 members (excludes halogenated alkanes) is 2. The minimum absolute atomic E-state index is 0.228. The third-order valence-corrected chi connectivity index (χ3v) is 2.89. The molecular formula is C23H48N2O4. The molecule has 0 radical (unpaired) electrons. The Morgan fingerprint density at radius 2 is 1.52 bits per heavy atom. The zero-order valence-corrected chi connectivity index (χ0v) is 20.9. The molecule has 0 aromatic carbocycles. The summed E-state index contributed by atoms with van der Waals surface area (Å²) in [5.41, 5.74) is -0.393. The van der Waals surface area contributed by atoms with Gasteiger partial charge in [-0.25, -0.2) is 9.59 Å². The van der Waals surface area contributed by atoms with E-state index >= 15 is 0 Å². The maximum atomic E-state index is 11.5. The Labute approximate surface area is 180 Å². The summed E-state index contributed by atoms with van der Waals surface area (Å²) in [6.07, 6.45) is 10.3. The molecule has 0 saturated heterocycles. The van der Waals surface area contributed by atoms with Gasteiger partial charge in [0.1, 0.15) is 12.2 Å². The summed E-state index contributed by atoms with van der Waals surface area (Å²) in [7, 11) is 3.31. The van der Waals surface area contributed by atoms with Crippen LogP contribution in [-0.4, -0.2) is 49.9 Å². The van der Waals surface area contributed by atoms with Crippen LogP contribution in [0.25, 0.3) is 0 Å². The van der Waals surface area contributed by atoms with Crippen LogP contribution >= 0.6 is 0 Å². The molecular weight excluding hydrogens is 368 g/mol. The van der Waals surface area contributed by atoms with Gasteiger partial charge in [-0.2, -0.15) is 0 Å². The van der Waals surface area contributed by atoms with E-state index in [1.54, 1.807) is 18.0 Å². The molecule has 1 N–H and O–H groups in total. The van der Waals surface area contributed by atoms with Crippen molar-refractivity contribution in [2.24, 2.45) is 0 Å². The Kier molecular flexibility index (Phi) is 31.0. The van der Waals surface area contributed by atoms with E-state index in [1.165, 1.54) is 13.5 Å². The van der Waals surface area contributed by atoms with E-state index < -0.39 is 11.7 Å². The van der Waals surface area contributed by atoms with Gasteiger partial charge < -0.3 is 19.7 Å². The summed E-state index contributed by atoms with van der Waals surface area (Å²) >= 11 is 0. The van der Waals surface area contributed by atoms with Crippen LogP contribution < -0.4 is 5.32 Å². The molecule has 174 valence electrons. The average molecular weight is 417 g/mol. The van der Waals surface area contributed by atoms with Crippen LogP contribution in [0.4, 0.5) is 9.59 Å². The molecule has 29 heavy (non-hydrogen) atoms. The number of carbonyl (C=O) groups is 2. The monoisotopic (exact) mass is 416 g/mol. The van der Waals surface area contributed by atoms with E-state index in [2.05, 4.69) is 17.0 Å². The van der Waals surface area contributed by atoms with Gasteiger partial charge in [0.15, 0.2) is 0 Å².